The Morgan fingerprint density at radius 2 is 2.22 bits per heavy atom. The second-order valence-electron chi connectivity index (χ2n) is 6.06. The zero-order chi connectivity index (χ0) is 12.7. The maximum Gasteiger partial charge on any atom is 0.251 e. The van der Waals surface area contributed by atoms with Crippen LogP contribution in [0.2, 0.25) is 0 Å². The summed E-state index contributed by atoms with van der Waals surface area (Å²) in [6.07, 6.45) is 3.08. The highest BCUT2D eigenvalue weighted by Crippen LogP contribution is 2.35. The van der Waals surface area contributed by atoms with Crippen LogP contribution < -0.4 is 5.32 Å². The van der Waals surface area contributed by atoms with Crippen LogP contribution in [-0.2, 0) is 9.53 Å². The van der Waals surface area contributed by atoms with E-state index in [9.17, 15) is 4.79 Å². The first-order valence-corrected chi connectivity index (χ1v) is 7.37. The summed E-state index contributed by atoms with van der Waals surface area (Å²) >= 11 is 0. The Morgan fingerprint density at radius 3 is 2.89 bits per heavy atom. The highest BCUT2D eigenvalue weighted by atomic mass is 16.5. The summed E-state index contributed by atoms with van der Waals surface area (Å²) in [5, 5.41) is 3.46. The van der Waals surface area contributed by atoms with Crippen molar-refractivity contribution in [1.29, 1.82) is 0 Å². The Balaban J connectivity index is 1.70. The molecular weight excluding hydrogens is 228 g/mol. The van der Waals surface area contributed by atoms with E-state index in [1.807, 2.05) is 0 Å². The standard InChI is InChI=1S/C14H24N2O2/c1-3-12-11-7-15-6-10(11)8-16(12)14(17)13-5-4-9(2)18-13/h9-13,15H,3-8H2,1-2H3. The minimum absolute atomic E-state index is 0.166. The number of amides is 1. The number of likely N-dealkylation sites (tertiary alicyclic amines) is 1. The van der Waals surface area contributed by atoms with Crippen molar-refractivity contribution in [3.05, 3.63) is 0 Å². The van der Waals surface area contributed by atoms with Gasteiger partial charge in [0.1, 0.15) is 6.10 Å². The molecule has 3 saturated heterocycles. The van der Waals surface area contributed by atoms with Crippen molar-refractivity contribution < 1.29 is 9.53 Å². The number of nitrogens with zero attached hydrogens (tertiary/aromatic N) is 1. The number of hydrogen-bond donors (Lipinski definition) is 1. The molecule has 0 bridgehead atoms. The lowest BCUT2D eigenvalue weighted by molar-refractivity contribution is -0.144. The molecule has 0 aromatic rings. The minimum Gasteiger partial charge on any atom is -0.365 e. The van der Waals surface area contributed by atoms with Crippen molar-refractivity contribution in [3.8, 4) is 0 Å². The summed E-state index contributed by atoms with van der Waals surface area (Å²) in [5.41, 5.74) is 0. The van der Waals surface area contributed by atoms with Crippen LogP contribution in [0.3, 0.4) is 0 Å². The molecule has 3 fully saturated rings. The van der Waals surface area contributed by atoms with Crippen LogP contribution in [0.4, 0.5) is 0 Å². The van der Waals surface area contributed by atoms with Gasteiger partial charge in [0.15, 0.2) is 0 Å². The number of hydrogen-bond acceptors (Lipinski definition) is 3. The van der Waals surface area contributed by atoms with Crippen molar-refractivity contribution in [2.24, 2.45) is 11.8 Å². The first-order valence-electron chi connectivity index (χ1n) is 7.37. The van der Waals surface area contributed by atoms with Gasteiger partial charge >= 0.3 is 0 Å². The zero-order valence-electron chi connectivity index (χ0n) is 11.4. The van der Waals surface area contributed by atoms with Crippen LogP contribution in [0.5, 0.6) is 0 Å². The smallest absolute Gasteiger partial charge is 0.251 e. The Bertz CT molecular complexity index is 334. The van der Waals surface area contributed by atoms with Gasteiger partial charge in [0.05, 0.1) is 6.10 Å². The topological polar surface area (TPSA) is 41.6 Å². The fourth-order valence-electron chi connectivity index (χ4n) is 3.97. The SMILES string of the molecule is CCC1C2CNCC2CN1C(=O)C1CCC(C)O1. The summed E-state index contributed by atoms with van der Waals surface area (Å²) < 4.78 is 5.74. The highest BCUT2D eigenvalue weighted by molar-refractivity contribution is 5.82. The molecule has 3 heterocycles. The van der Waals surface area contributed by atoms with E-state index >= 15 is 0 Å². The minimum atomic E-state index is -0.166. The molecule has 0 saturated carbocycles. The number of nitrogens with one attached hydrogen (secondary N) is 1. The van der Waals surface area contributed by atoms with Gasteiger partial charge in [-0.15, -0.1) is 0 Å². The van der Waals surface area contributed by atoms with Crippen LogP contribution in [0.1, 0.15) is 33.1 Å². The van der Waals surface area contributed by atoms with Gasteiger partial charge in [-0.3, -0.25) is 4.79 Å². The van der Waals surface area contributed by atoms with Gasteiger partial charge in [0.25, 0.3) is 5.91 Å². The van der Waals surface area contributed by atoms with E-state index in [4.69, 9.17) is 4.74 Å². The van der Waals surface area contributed by atoms with E-state index in [0.717, 1.165) is 38.9 Å². The molecule has 3 rings (SSSR count). The van der Waals surface area contributed by atoms with Crippen LogP contribution in [0.25, 0.3) is 0 Å². The van der Waals surface area contributed by atoms with E-state index in [1.165, 1.54) is 0 Å². The maximum atomic E-state index is 12.6. The van der Waals surface area contributed by atoms with E-state index in [0.29, 0.717) is 17.9 Å². The summed E-state index contributed by atoms with van der Waals surface area (Å²) in [6.45, 7) is 7.35. The Labute approximate surface area is 109 Å². The molecular formula is C14H24N2O2. The lowest BCUT2D eigenvalue weighted by Gasteiger charge is -2.29. The Hall–Kier alpha value is -0.610. The molecule has 3 aliphatic rings. The predicted octanol–water partition coefficient (Wildman–Crippen LogP) is 1.01. The molecule has 4 heteroatoms. The van der Waals surface area contributed by atoms with E-state index in [1.54, 1.807) is 0 Å². The Kier molecular flexibility index (Phi) is 3.32. The fourth-order valence-corrected chi connectivity index (χ4v) is 3.97. The molecule has 0 aromatic carbocycles. The van der Waals surface area contributed by atoms with E-state index < -0.39 is 0 Å². The third kappa shape index (κ3) is 1.95. The van der Waals surface area contributed by atoms with E-state index in [2.05, 4.69) is 24.1 Å². The lowest BCUT2D eigenvalue weighted by Crippen LogP contribution is -2.44. The van der Waals surface area contributed by atoms with Crippen LogP contribution in [0, 0.1) is 11.8 Å². The number of carbonyl (C=O) groups excluding carboxylic acids is 1. The van der Waals surface area contributed by atoms with E-state index in [-0.39, 0.29) is 18.1 Å². The summed E-state index contributed by atoms with van der Waals surface area (Å²) in [6, 6.07) is 0.428. The molecule has 0 aliphatic carbocycles. The molecule has 0 aromatic heterocycles. The van der Waals surface area contributed by atoms with Crippen molar-refractivity contribution >= 4 is 5.91 Å². The summed E-state index contributed by atoms with van der Waals surface area (Å²) in [4.78, 5) is 14.7. The Morgan fingerprint density at radius 1 is 1.39 bits per heavy atom. The average Bonchev–Trinajstić information content (AvgIpc) is 3.01. The third-order valence-electron chi connectivity index (χ3n) is 4.93. The second kappa shape index (κ2) is 4.82. The molecule has 5 atom stereocenters. The summed E-state index contributed by atoms with van der Waals surface area (Å²) in [5.74, 6) is 1.58. The second-order valence-corrected chi connectivity index (χ2v) is 6.06. The monoisotopic (exact) mass is 252 g/mol. The van der Waals surface area contributed by atoms with Gasteiger partial charge in [0, 0.05) is 25.7 Å². The number of fused-ring (bicyclic) bond motifs is 1. The molecule has 18 heavy (non-hydrogen) atoms. The van der Waals surface area contributed by atoms with Crippen molar-refractivity contribution in [2.75, 3.05) is 19.6 Å². The molecule has 5 unspecified atom stereocenters. The molecule has 0 spiro atoms. The van der Waals surface area contributed by atoms with Gasteiger partial charge in [-0.1, -0.05) is 6.92 Å². The van der Waals surface area contributed by atoms with Crippen molar-refractivity contribution in [3.63, 3.8) is 0 Å². The van der Waals surface area contributed by atoms with Gasteiger partial charge in [-0.2, -0.15) is 0 Å². The maximum absolute atomic E-state index is 12.6. The quantitative estimate of drug-likeness (QED) is 0.797. The molecule has 1 N–H and O–H groups in total. The molecule has 4 nitrogen and oxygen atoms in total. The lowest BCUT2D eigenvalue weighted by atomic mass is 9.93. The molecule has 102 valence electrons. The van der Waals surface area contributed by atoms with Crippen molar-refractivity contribution in [2.45, 2.75) is 51.4 Å². The van der Waals surface area contributed by atoms with Gasteiger partial charge in [-0.25, -0.2) is 0 Å². The van der Waals surface area contributed by atoms with Crippen LogP contribution >= 0.6 is 0 Å². The number of ether oxygens (including phenoxy) is 1. The third-order valence-corrected chi connectivity index (χ3v) is 4.93. The first kappa shape index (κ1) is 12.4. The normalized spacial score (nSPS) is 43.4. The van der Waals surface area contributed by atoms with Gasteiger partial charge in [0.2, 0.25) is 0 Å². The highest BCUT2D eigenvalue weighted by Gasteiger charge is 2.47. The number of rotatable bonds is 2. The van der Waals surface area contributed by atoms with Gasteiger partial charge in [-0.05, 0) is 38.0 Å². The zero-order valence-corrected chi connectivity index (χ0v) is 11.4. The van der Waals surface area contributed by atoms with Crippen LogP contribution in [-0.4, -0.2) is 48.7 Å². The van der Waals surface area contributed by atoms with Crippen LogP contribution in [0.15, 0.2) is 0 Å². The van der Waals surface area contributed by atoms with Crippen molar-refractivity contribution in [1.82, 2.24) is 10.2 Å². The molecule has 3 aliphatic heterocycles. The predicted molar refractivity (Wildman–Crippen MR) is 69.2 cm³/mol. The number of carbonyl (C=O) groups is 1. The first-order chi connectivity index (χ1) is 8.70. The largest absolute Gasteiger partial charge is 0.365 e. The fraction of sp³-hybridized carbons (Fsp3) is 0.929. The van der Waals surface area contributed by atoms with Gasteiger partial charge < -0.3 is 15.0 Å². The molecule has 0 radical (unpaired) electrons. The molecule has 1 amide bonds. The average molecular weight is 252 g/mol. The summed E-state index contributed by atoms with van der Waals surface area (Å²) in [7, 11) is 0.